The summed E-state index contributed by atoms with van der Waals surface area (Å²) >= 11 is 0. The van der Waals surface area contributed by atoms with Crippen molar-refractivity contribution in [1.82, 2.24) is 9.78 Å². The molecule has 134 valence electrons. The third-order valence-electron chi connectivity index (χ3n) is 5.88. The maximum Gasteiger partial charge on any atom is 0.269 e. The zero-order chi connectivity index (χ0) is 18.0. The molecule has 2 amide bonds. The molecule has 3 atom stereocenters. The highest BCUT2D eigenvalue weighted by Crippen LogP contribution is 2.49. The molecule has 2 aromatic rings. The molecule has 1 aliphatic heterocycles. The second-order valence-corrected chi connectivity index (χ2v) is 7.44. The fourth-order valence-electron chi connectivity index (χ4n) is 4.33. The molecule has 1 aromatic heterocycles. The molecular weight excluding hydrogens is 332 g/mol. The number of primary amides is 1. The minimum absolute atomic E-state index is 0.103. The van der Waals surface area contributed by atoms with Gasteiger partial charge in [0.1, 0.15) is 12.4 Å². The van der Waals surface area contributed by atoms with Crippen molar-refractivity contribution in [3.05, 3.63) is 41.2 Å². The first kappa shape index (κ1) is 15.4. The number of benzene rings is 1. The van der Waals surface area contributed by atoms with Crippen molar-refractivity contribution in [3.8, 4) is 5.75 Å². The number of nitrogens with two attached hydrogens (primary N) is 1. The third-order valence-corrected chi connectivity index (χ3v) is 5.88. The molecule has 26 heavy (non-hydrogen) atoms. The summed E-state index contributed by atoms with van der Waals surface area (Å²) in [7, 11) is 1.74. The first-order valence-corrected chi connectivity index (χ1v) is 8.94. The third kappa shape index (κ3) is 2.16. The minimum Gasteiger partial charge on any atom is -0.489 e. The van der Waals surface area contributed by atoms with Crippen LogP contribution in [0.5, 0.6) is 5.75 Å². The van der Waals surface area contributed by atoms with Crippen LogP contribution in [-0.2, 0) is 17.6 Å². The van der Waals surface area contributed by atoms with Gasteiger partial charge in [0.2, 0.25) is 0 Å². The Morgan fingerprint density at radius 3 is 2.85 bits per heavy atom. The molecule has 0 bridgehead atoms. The van der Waals surface area contributed by atoms with Crippen molar-refractivity contribution >= 4 is 17.5 Å². The second-order valence-electron chi connectivity index (χ2n) is 7.44. The van der Waals surface area contributed by atoms with Crippen molar-refractivity contribution in [2.45, 2.75) is 25.3 Å². The predicted molar refractivity (Wildman–Crippen MR) is 94.1 cm³/mol. The van der Waals surface area contributed by atoms with Crippen LogP contribution in [0.4, 0.5) is 5.69 Å². The van der Waals surface area contributed by atoms with Crippen LogP contribution in [0.1, 0.15) is 34.2 Å². The Hall–Kier alpha value is -2.83. The zero-order valence-corrected chi connectivity index (χ0v) is 14.5. The van der Waals surface area contributed by atoms with Crippen LogP contribution >= 0.6 is 0 Å². The lowest BCUT2D eigenvalue weighted by Gasteiger charge is -2.22. The highest BCUT2D eigenvalue weighted by Gasteiger charge is 2.45. The molecule has 1 saturated carbocycles. The van der Waals surface area contributed by atoms with Gasteiger partial charge in [0, 0.05) is 18.3 Å². The summed E-state index contributed by atoms with van der Waals surface area (Å²) in [6, 6.07) is 6.86. The highest BCUT2D eigenvalue weighted by molar-refractivity contribution is 5.98. The molecule has 2 unspecified atom stereocenters. The Kier molecular flexibility index (Phi) is 3.16. The van der Waals surface area contributed by atoms with E-state index in [9.17, 15) is 9.59 Å². The summed E-state index contributed by atoms with van der Waals surface area (Å²) in [5.74, 6) is 1.30. The van der Waals surface area contributed by atoms with Crippen molar-refractivity contribution in [2.75, 3.05) is 18.6 Å². The first-order valence-electron chi connectivity index (χ1n) is 8.94. The van der Waals surface area contributed by atoms with Gasteiger partial charge in [-0.15, -0.1) is 0 Å². The van der Waals surface area contributed by atoms with E-state index >= 15 is 0 Å². The fourth-order valence-corrected chi connectivity index (χ4v) is 4.33. The molecule has 1 fully saturated rings. The average Bonchev–Trinajstić information content (AvgIpc) is 3.33. The average molecular weight is 352 g/mol. The predicted octanol–water partition coefficient (Wildman–Crippen LogP) is 1.31. The van der Waals surface area contributed by atoms with Gasteiger partial charge in [-0.05, 0) is 43.2 Å². The van der Waals surface area contributed by atoms with E-state index in [4.69, 9.17) is 10.5 Å². The number of ether oxygens (including phenoxy) is 1. The quantitative estimate of drug-likeness (QED) is 0.882. The monoisotopic (exact) mass is 352 g/mol. The molecular formula is C19H20N4O3. The number of aromatic nitrogens is 2. The molecule has 2 N–H and O–H groups in total. The van der Waals surface area contributed by atoms with E-state index in [1.54, 1.807) is 16.6 Å². The molecule has 0 saturated heterocycles. The van der Waals surface area contributed by atoms with Crippen LogP contribution in [0.2, 0.25) is 0 Å². The Morgan fingerprint density at radius 2 is 2.04 bits per heavy atom. The number of hydrogen-bond acceptors (Lipinski definition) is 4. The van der Waals surface area contributed by atoms with Crippen molar-refractivity contribution in [2.24, 2.45) is 17.6 Å². The Balaban J connectivity index is 1.58. The van der Waals surface area contributed by atoms with Crippen LogP contribution in [0.15, 0.2) is 24.3 Å². The highest BCUT2D eigenvalue weighted by atomic mass is 16.5. The number of fused-ring (bicyclic) bond motifs is 3. The molecule has 5 rings (SSSR count). The zero-order valence-electron chi connectivity index (χ0n) is 14.5. The SMILES string of the molecule is CN1C(=O)[C@@H](n2nc(C(N)=O)c3c2CC2CC2C3)COc2ccccc21. The van der Waals surface area contributed by atoms with E-state index in [1.807, 2.05) is 24.3 Å². The number of likely N-dealkylation sites (N-methyl/N-ethyl adjacent to an activating group) is 1. The number of amides is 2. The van der Waals surface area contributed by atoms with E-state index < -0.39 is 11.9 Å². The van der Waals surface area contributed by atoms with Gasteiger partial charge in [-0.3, -0.25) is 14.3 Å². The Bertz CT molecular complexity index is 935. The van der Waals surface area contributed by atoms with E-state index in [-0.39, 0.29) is 12.5 Å². The fraction of sp³-hybridized carbons (Fsp3) is 0.421. The topological polar surface area (TPSA) is 90.5 Å². The molecule has 0 radical (unpaired) electrons. The molecule has 2 heterocycles. The van der Waals surface area contributed by atoms with Gasteiger partial charge in [0.15, 0.2) is 11.7 Å². The Labute approximate surface area is 150 Å². The van der Waals surface area contributed by atoms with Crippen LogP contribution in [0, 0.1) is 11.8 Å². The lowest BCUT2D eigenvalue weighted by atomic mass is 9.95. The van der Waals surface area contributed by atoms with Gasteiger partial charge < -0.3 is 15.4 Å². The summed E-state index contributed by atoms with van der Waals surface area (Å²) in [6.45, 7) is 0.181. The molecule has 7 heteroatoms. The smallest absolute Gasteiger partial charge is 0.269 e. The van der Waals surface area contributed by atoms with Crippen LogP contribution in [0.3, 0.4) is 0 Å². The minimum atomic E-state index is -0.607. The van der Waals surface area contributed by atoms with Crippen LogP contribution in [-0.4, -0.2) is 35.2 Å². The molecule has 1 aromatic carbocycles. The van der Waals surface area contributed by atoms with Gasteiger partial charge in [0.05, 0.1) is 5.69 Å². The number of anilines is 1. The summed E-state index contributed by atoms with van der Waals surface area (Å²) in [5.41, 5.74) is 8.50. The van der Waals surface area contributed by atoms with Crippen molar-refractivity contribution in [1.29, 1.82) is 0 Å². The normalized spacial score (nSPS) is 26.3. The molecule has 2 aliphatic carbocycles. The van der Waals surface area contributed by atoms with Crippen LogP contribution < -0.4 is 15.4 Å². The lowest BCUT2D eigenvalue weighted by molar-refractivity contribution is -0.122. The summed E-state index contributed by atoms with van der Waals surface area (Å²) in [4.78, 5) is 26.6. The van der Waals surface area contributed by atoms with Crippen LogP contribution in [0.25, 0.3) is 0 Å². The lowest BCUT2D eigenvalue weighted by Crippen LogP contribution is -2.36. The maximum atomic E-state index is 13.1. The van der Waals surface area contributed by atoms with Gasteiger partial charge >= 0.3 is 0 Å². The number of carbonyl (C=O) groups excluding carboxylic acids is 2. The second kappa shape index (κ2) is 5.33. The molecule has 7 nitrogen and oxygen atoms in total. The first-order chi connectivity index (χ1) is 12.5. The summed E-state index contributed by atoms with van der Waals surface area (Å²) < 4.78 is 7.62. The number of hydrogen-bond donors (Lipinski definition) is 1. The number of para-hydroxylation sites is 2. The van der Waals surface area contributed by atoms with Crippen molar-refractivity contribution in [3.63, 3.8) is 0 Å². The van der Waals surface area contributed by atoms with E-state index in [1.165, 1.54) is 6.42 Å². The standard InChI is InChI=1S/C19H20N4O3/c1-22-13-4-2-3-5-16(13)26-9-15(19(22)25)23-14-8-11-6-10(11)7-12(14)17(21-23)18(20)24/h2-5,10-11,15H,6-9H2,1H3,(H2,20,24)/t10?,11?,15-/m0/s1. The van der Waals surface area contributed by atoms with Gasteiger partial charge in [-0.25, -0.2) is 0 Å². The van der Waals surface area contributed by atoms with Crippen molar-refractivity contribution < 1.29 is 14.3 Å². The van der Waals surface area contributed by atoms with E-state index in [0.29, 0.717) is 23.3 Å². The Morgan fingerprint density at radius 1 is 1.27 bits per heavy atom. The summed E-state index contributed by atoms with van der Waals surface area (Å²) in [5, 5.41) is 4.47. The van der Waals surface area contributed by atoms with E-state index in [0.717, 1.165) is 29.8 Å². The van der Waals surface area contributed by atoms with Gasteiger partial charge in [0.25, 0.3) is 11.8 Å². The van der Waals surface area contributed by atoms with E-state index in [2.05, 4.69) is 5.10 Å². The largest absolute Gasteiger partial charge is 0.489 e. The number of nitrogens with zero attached hydrogens (tertiary/aromatic N) is 3. The molecule has 3 aliphatic rings. The maximum absolute atomic E-state index is 13.1. The molecule has 0 spiro atoms. The summed E-state index contributed by atoms with van der Waals surface area (Å²) in [6.07, 6.45) is 2.85. The van der Waals surface area contributed by atoms with Gasteiger partial charge in [-0.1, -0.05) is 12.1 Å². The number of carbonyl (C=O) groups is 2. The number of rotatable bonds is 2. The van der Waals surface area contributed by atoms with Gasteiger partial charge in [-0.2, -0.15) is 5.10 Å².